The van der Waals surface area contributed by atoms with Gasteiger partial charge in [0.05, 0.1) is 10.9 Å². The Balaban J connectivity index is 0.00000289. The number of hydrogen-bond donors (Lipinski definition) is 3. The predicted molar refractivity (Wildman–Crippen MR) is 137 cm³/mol. The number of para-hydroxylation sites is 1. The van der Waals surface area contributed by atoms with E-state index in [0.717, 1.165) is 36.1 Å². The molecule has 3 N–H and O–H groups in total. The van der Waals surface area contributed by atoms with Crippen LogP contribution >= 0.6 is 24.0 Å². The van der Waals surface area contributed by atoms with Crippen LogP contribution in [0.25, 0.3) is 0 Å². The molecule has 1 saturated carbocycles. The molecular formula is C23H31IN4O3S. The molecule has 4 rings (SSSR count). The number of aliphatic imine (C=N–C) groups is 1. The number of guanidine groups is 1. The van der Waals surface area contributed by atoms with Gasteiger partial charge in [0.15, 0.2) is 5.96 Å². The molecule has 0 radical (unpaired) electrons. The maximum absolute atomic E-state index is 12.1. The maximum Gasteiger partial charge on any atom is 0.240 e. The van der Waals surface area contributed by atoms with Crippen molar-refractivity contribution in [3.05, 3.63) is 59.7 Å². The molecule has 0 saturated heterocycles. The summed E-state index contributed by atoms with van der Waals surface area (Å²) in [5.74, 6) is 1.63. The Hall–Kier alpha value is -1.85. The van der Waals surface area contributed by atoms with Crippen molar-refractivity contribution in [3.63, 3.8) is 0 Å². The lowest BCUT2D eigenvalue weighted by Crippen LogP contribution is -2.46. The number of ether oxygens (including phenoxy) is 1. The number of nitrogens with zero attached hydrogens (tertiary/aromatic N) is 1. The summed E-state index contributed by atoms with van der Waals surface area (Å²) in [5.41, 5.74) is 1.91. The number of hydrogen-bond acceptors (Lipinski definition) is 4. The van der Waals surface area contributed by atoms with Gasteiger partial charge in [-0.15, -0.1) is 24.0 Å². The van der Waals surface area contributed by atoms with E-state index < -0.39 is 10.0 Å². The Morgan fingerprint density at radius 2 is 1.91 bits per heavy atom. The van der Waals surface area contributed by atoms with Crippen LogP contribution in [0.4, 0.5) is 0 Å². The minimum absolute atomic E-state index is 0. The number of nitrogens with one attached hydrogen (secondary N) is 3. The standard InChI is InChI=1S/C23H30N4O3S.HI/c1-24-22(26-16-17-8-7-9-18(14-17)31(28,29)25-2)27-20-15-23(12-5-6-13-23)30-21-11-4-3-10-19(20)21;/h3-4,7-11,14,20,25H,5-6,12-13,15-16H2,1-2H3,(H2,24,26,27);1H. The highest BCUT2D eigenvalue weighted by molar-refractivity contribution is 14.0. The van der Waals surface area contributed by atoms with Crippen LogP contribution in [0.1, 0.15) is 49.3 Å². The van der Waals surface area contributed by atoms with Crippen LogP contribution in [0.3, 0.4) is 0 Å². The highest BCUT2D eigenvalue weighted by atomic mass is 127. The molecule has 32 heavy (non-hydrogen) atoms. The van der Waals surface area contributed by atoms with Gasteiger partial charge in [-0.05, 0) is 56.5 Å². The van der Waals surface area contributed by atoms with E-state index >= 15 is 0 Å². The van der Waals surface area contributed by atoms with Crippen molar-refractivity contribution in [3.8, 4) is 5.75 Å². The van der Waals surface area contributed by atoms with Crippen molar-refractivity contribution in [1.82, 2.24) is 15.4 Å². The molecular weight excluding hydrogens is 539 g/mol. The van der Waals surface area contributed by atoms with E-state index in [1.165, 1.54) is 19.9 Å². The van der Waals surface area contributed by atoms with Gasteiger partial charge >= 0.3 is 0 Å². The molecule has 0 amide bonds. The Morgan fingerprint density at radius 1 is 1.16 bits per heavy atom. The summed E-state index contributed by atoms with van der Waals surface area (Å²) in [6.45, 7) is 0.461. The fraction of sp³-hybridized carbons (Fsp3) is 0.435. The molecule has 1 spiro atoms. The second-order valence-electron chi connectivity index (χ2n) is 8.21. The number of halogens is 1. The van der Waals surface area contributed by atoms with Crippen molar-refractivity contribution in [2.45, 2.75) is 55.2 Å². The van der Waals surface area contributed by atoms with E-state index in [-0.39, 0.29) is 40.5 Å². The van der Waals surface area contributed by atoms with Gasteiger partial charge in [-0.25, -0.2) is 13.1 Å². The van der Waals surface area contributed by atoms with Crippen molar-refractivity contribution < 1.29 is 13.2 Å². The third-order valence-electron chi connectivity index (χ3n) is 6.18. The van der Waals surface area contributed by atoms with Gasteiger partial charge in [-0.2, -0.15) is 0 Å². The molecule has 174 valence electrons. The van der Waals surface area contributed by atoms with Gasteiger partial charge < -0.3 is 15.4 Å². The largest absolute Gasteiger partial charge is 0.487 e. The first-order valence-electron chi connectivity index (χ1n) is 10.7. The third-order valence-corrected chi connectivity index (χ3v) is 7.60. The van der Waals surface area contributed by atoms with E-state index in [4.69, 9.17) is 4.74 Å². The van der Waals surface area contributed by atoms with Crippen molar-refractivity contribution in [2.75, 3.05) is 14.1 Å². The Bertz CT molecular complexity index is 1070. The van der Waals surface area contributed by atoms with E-state index in [9.17, 15) is 8.42 Å². The highest BCUT2D eigenvalue weighted by Crippen LogP contribution is 2.46. The molecule has 2 aromatic carbocycles. The van der Waals surface area contributed by atoms with Gasteiger partial charge in [0.25, 0.3) is 0 Å². The highest BCUT2D eigenvalue weighted by Gasteiger charge is 2.43. The van der Waals surface area contributed by atoms with Gasteiger partial charge in [-0.3, -0.25) is 4.99 Å². The average Bonchev–Trinajstić information content (AvgIpc) is 3.23. The number of fused-ring (bicyclic) bond motifs is 1. The Kier molecular flexibility index (Phi) is 8.05. The zero-order valence-electron chi connectivity index (χ0n) is 18.4. The lowest BCUT2D eigenvalue weighted by Gasteiger charge is -2.40. The number of benzene rings is 2. The first-order valence-corrected chi connectivity index (χ1v) is 12.2. The van der Waals surface area contributed by atoms with Crippen LogP contribution in [-0.2, 0) is 16.6 Å². The van der Waals surface area contributed by atoms with E-state index in [1.807, 2.05) is 24.3 Å². The first kappa shape index (κ1) is 24.8. The quantitative estimate of drug-likeness (QED) is 0.290. The second-order valence-corrected chi connectivity index (χ2v) is 10.1. The van der Waals surface area contributed by atoms with Gasteiger partial charge in [0.2, 0.25) is 10.0 Å². The molecule has 0 aromatic heterocycles. The summed E-state index contributed by atoms with van der Waals surface area (Å²) in [6.07, 6.45) is 5.47. The zero-order chi connectivity index (χ0) is 21.9. The van der Waals surface area contributed by atoms with Gasteiger partial charge in [0, 0.05) is 25.6 Å². The van der Waals surface area contributed by atoms with Crippen molar-refractivity contribution in [1.29, 1.82) is 0 Å². The molecule has 2 aromatic rings. The predicted octanol–water partition coefficient (Wildman–Crippen LogP) is 3.71. The fourth-order valence-electron chi connectivity index (χ4n) is 4.56. The topological polar surface area (TPSA) is 91.8 Å². The van der Waals surface area contributed by atoms with Gasteiger partial charge in [-0.1, -0.05) is 30.3 Å². The number of sulfonamides is 1. The molecule has 1 unspecified atom stereocenters. The Morgan fingerprint density at radius 3 is 2.62 bits per heavy atom. The molecule has 1 aliphatic carbocycles. The molecule has 1 heterocycles. The van der Waals surface area contributed by atoms with Crippen LogP contribution in [-0.4, -0.2) is 34.1 Å². The first-order chi connectivity index (χ1) is 14.9. The SMILES string of the molecule is CN=C(NCc1cccc(S(=O)(=O)NC)c1)NC1CC2(CCCC2)Oc2ccccc21.I. The minimum Gasteiger partial charge on any atom is -0.487 e. The minimum atomic E-state index is -3.47. The average molecular weight is 570 g/mol. The molecule has 1 atom stereocenters. The molecule has 0 bridgehead atoms. The summed E-state index contributed by atoms with van der Waals surface area (Å²) < 4.78 is 32.9. The molecule has 9 heteroatoms. The molecule has 7 nitrogen and oxygen atoms in total. The lowest BCUT2D eigenvalue weighted by molar-refractivity contribution is 0.0396. The smallest absolute Gasteiger partial charge is 0.240 e. The van der Waals surface area contributed by atoms with Gasteiger partial charge in [0.1, 0.15) is 11.4 Å². The normalized spacial score (nSPS) is 19.6. The van der Waals surface area contributed by atoms with Crippen molar-refractivity contribution >= 4 is 40.0 Å². The summed E-state index contributed by atoms with van der Waals surface area (Å²) >= 11 is 0. The van der Waals surface area contributed by atoms with Crippen LogP contribution in [0, 0.1) is 0 Å². The monoisotopic (exact) mass is 570 g/mol. The lowest BCUT2D eigenvalue weighted by atomic mass is 9.86. The molecule has 1 fully saturated rings. The van der Waals surface area contributed by atoms with E-state index in [0.29, 0.717) is 12.5 Å². The Labute approximate surface area is 207 Å². The molecule has 1 aliphatic heterocycles. The molecule has 2 aliphatic rings. The third kappa shape index (κ3) is 5.37. The summed E-state index contributed by atoms with van der Waals surface area (Å²) in [5, 5.41) is 6.89. The van der Waals surface area contributed by atoms with Crippen LogP contribution in [0.2, 0.25) is 0 Å². The maximum atomic E-state index is 12.1. The second kappa shape index (κ2) is 10.4. The van der Waals surface area contributed by atoms with Crippen LogP contribution in [0.5, 0.6) is 5.75 Å². The van der Waals surface area contributed by atoms with Crippen LogP contribution in [0.15, 0.2) is 58.4 Å². The summed E-state index contributed by atoms with van der Waals surface area (Å²) in [6, 6.07) is 15.2. The van der Waals surface area contributed by atoms with Crippen LogP contribution < -0.4 is 20.1 Å². The number of rotatable bonds is 5. The summed E-state index contributed by atoms with van der Waals surface area (Å²) in [4.78, 5) is 4.64. The van der Waals surface area contributed by atoms with E-state index in [2.05, 4.69) is 26.4 Å². The van der Waals surface area contributed by atoms with E-state index in [1.54, 1.807) is 25.2 Å². The fourth-order valence-corrected chi connectivity index (χ4v) is 5.36. The summed E-state index contributed by atoms with van der Waals surface area (Å²) in [7, 11) is -0.316. The van der Waals surface area contributed by atoms with Crippen molar-refractivity contribution in [2.24, 2.45) is 4.99 Å². The zero-order valence-corrected chi connectivity index (χ0v) is 21.6.